The Morgan fingerprint density at radius 1 is 1.10 bits per heavy atom. The number of rotatable bonds is 5. The third-order valence-electron chi connectivity index (χ3n) is 5.01. The molecule has 4 rings (SSSR count). The molecule has 1 aliphatic heterocycles. The monoisotopic (exact) mass is 445 g/mol. The molecule has 3 heterocycles. The summed E-state index contributed by atoms with van der Waals surface area (Å²) in [5.74, 6) is 0.490. The SMILES string of the molecule is Cc1cc(C)cc(-c2nn(CN3CCN(S(=O)(=O)c4cccnc4)CC3)c(=S)o2)c1. The third-order valence-corrected chi connectivity index (χ3v) is 7.19. The highest BCUT2D eigenvalue weighted by atomic mass is 32.2. The van der Waals surface area contributed by atoms with Crippen molar-refractivity contribution in [2.24, 2.45) is 0 Å². The maximum absolute atomic E-state index is 12.7. The van der Waals surface area contributed by atoms with Gasteiger partial charge in [0.25, 0.3) is 4.84 Å². The fourth-order valence-electron chi connectivity index (χ4n) is 3.56. The van der Waals surface area contributed by atoms with E-state index in [4.69, 9.17) is 16.6 Å². The average Bonchev–Trinajstić information content (AvgIpc) is 3.09. The Balaban J connectivity index is 1.43. The number of benzene rings is 1. The molecule has 0 saturated carbocycles. The average molecular weight is 446 g/mol. The Kier molecular flexibility index (Phi) is 5.83. The second-order valence-corrected chi connectivity index (χ2v) is 9.69. The Morgan fingerprint density at radius 3 is 2.43 bits per heavy atom. The zero-order valence-electron chi connectivity index (χ0n) is 16.9. The van der Waals surface area contributed by atoms with Crippen LogP contribution in [0, 0.1) is 18.7 Å². The van der Waals surface area contributed by atoms with Crippen molar-refractivity contribution < 1.29 is 12.8 Å². The molecular weight excluding hydrogens is 422 g/mol. The summed E-state index contributed by atoms with van der Waals surface area (Å²) in [6.45, 7) is 6.45. The number of aryl methyl sites for hydroxylation is 2. The van der Waals surface area contributed by atoms with Gasteiger partial charge in [0.2, 0.25) is 15.9 Å². The Labute approximate surface area is 180 Å². The van der Waals surface area contributed by atoms with Gasteiger partial charge in [0.1, 0.15) is 4.90 Å². The molecule has 0 radical (unpaired) electrons. The first kappa shape index (κ1) is 20.9. The molecule has 0 atom stereocenters. The minimum Gasteiger partial charge on any atom is -0.409 e. The number of sulfonamides is 1. The van der Waals surface area contributed by atoms with Crippen molar-refractivity contribution in [1.29, 1.82) is 0 Å². The van der Waals surface area contributed by atoms with Gasteiger partial charge < -0.3 is 4.42 Å². The van der Waals surface area contributed by atoms with E-state index < -0.39 is 10.0 Å². The lowest BCUT2D eigenvalue weighted by atomic mass is 10.1. The van der Waals surface area contributed by atoms with E-state index in [1.807, 2.05) is 26.0 Å². The molecule has 0 unspecified atom stereocenters. The highest BCUT2D eigenvalue weighted by Gasteiger charge is 2.29. The minimum absolute atomic E-state index is 0.218. The Bertz CT molecular complexity index is 1180. The molecule has 1 saturated heterocycles. The van der Waals surface area contributed by atoms with Crippen molar-refractivity contribution in [2.75, 3.05) is 26.2 Å². The minimum atomic E-state index is -3.52. The van der Waals surface area contributed by atoms with Crippen molar-refractivity contribution in [3.8, 4) is 11.5 Å². The molecule has 0 amide bonds. The van der Waals surface area contributed by atoms with Crippen molar-refractivity contribution in [3.63, 3.8) is 0 Å². The van der Waals surface area contributed by atoms with Crippen LogP contribution in [0.5, 0.6) is 0 Å². The molecule has 0 bridgehead atoms. The van der Waals surface area contributed by atoms with E-state index in [2.05, 4.69) is 21.0 Å². The topological polar surface area (TPSA) is 84.5 Å². The van der Waals surface area contributed by atoms with E-state index in [0.717, 1.165) is 16.7 Å². The van der Waals surface area contributed by atoms with Gasteiger partial charge in [-0.1, -0.05) is 17.2 Å². The van der Waals surface area contributed by atoms with Crippen LogP contribution in [0.25, 0.3) is 11.5 Å². The molecule has 158 valence electrons. The van der Waals surface area contributed by atoms with E-state index in [1.165, 1.54) is 10.5 Å². The van der Waals surface area contributed by atoms with Gasteiger partial charge in [-0.2, -0.15) is 4.31 Å². The van der Waals surface area contributed by atoms with Crippen molar-refractivity contribution in [1.82, 2.24) is 24.0 Å². The lowest BCUT2D eigenvalue weighted by molar-refractivity contribution is 0.143. The van der Waals surface area contributed by atoms with Gasteiger partial charge in [-0.05, 0) is 50.3 Å². The van der Waals surface area contributed by atoms with Crippen LogP contribution in [-0.4, -0.2) is 58.6 Å². The van der Waals surface area contributed by atoms with Gasteiger partial charge in [-0.3, -0.25) is 9.88 Å². The van der Waals surface area contributed by atoms with Crippen molar-refractivity contribution >= 4 is 22.2 Å². The number of hydrogen-bond acceptors (Lipinski definition) is 7. The quantitative estimate of drug-likeness (QED) is 0.558. The molecule has 1 aromatic carbocycles. The predicted octanol–water partition coefficient (Wildman–Crippen LogP) is 2.85. The van der Waals surface area contributed by atoms with E-state index in [-0.39, 0.29) is 4.90 Å². The summed E-state index contributed by atoms with van der Waals surface area (Å²) in [6, 6.07) is 9.31. The van der Waals surface area contributed by atoms with Crippen LogP contribution < -0.4 is 0 Å². The lowest BCUT2D eigenvalue weighted by Crippen LogP contribution is -2.48. The van der Waals surface area contributed by atoms with Crippen LogP contribution in [0.3, 0.4) is 0 Å². The molecule has 10 heteroatoms. The van der Waals surface area contributed by atoms with Crippen LogP contribution >= 0.6 is 12.2 Å². The van der Waals surface area contributed by atoms with Gasteiger partial charge >= 0.3 is 0 Å². The predicted molar refractivity (Wildman–Crippen MR) is 115 cm³/mol. The summed E-state index contributed by atoms with van der Waals surface area (Å²) in [5.41, 5.74) is 3.16. The molecule has 30 heavy (non-hydrogen) atoms. The van der Waals surface area contributed by atoms with Crippen LogP contribution in [0.1, 0.15) is 11.1 Å². The van der Waals surface area contributed by atoms with E-state index >= 15 is 0 Å². The van der Waals surface area contributed by atoms with Crippen LogP contribution in [-0.2, 0) is 16.7 Å². The van der Waals surface area contributed by atoms with Gasteiger partial charge in [-0.25, -0.2) is 13.1 Å². The zero-order valence-corrected chi connectivity index (χ0v) is 18.5. The van der Waals surface area contributed by atoms with E-state index in [9.17, 15) is 8.42 Å². The second-order valence-electron chi connectivity index (χ2n) is 7.40. The van der Waals surface area contributed by atoms with Gasteiger partial charge in [0, 0.05) is 44.1 Å². The normalized spacial score (nSPS) is 16.1. The van der Waals surface area contributed by atoms with Crippen LogP contribution in [0.4, 0.5) is 0 Å². The Morgan fingerprint density at radius 2 is 1.80 bits per heavy atom. The largest absolute Gasteiger partial charge is 0.409 e. The fourth-order valence-corrected chi connectivity index (χ4v) is 5.12. The molecule has 1 fully saturated rings. The van der Waals surface area contributed by atoms with E-state index in [0.29, 0.717) is 43.6 Å². The summed E-state index contributed by atoms with van der Waals surface area (Å²) in [7, 11) is -3.52. The summed E-state index contributed by atoms with van der Waals surface area (Å²) in [6.07, 6.45) is 2.94. The molecule has 0 spiro atoms. The first-order valence-corrected chi connectivity index (χ1v) is 11.5. The fraction of sp³-hybridized carbons (Fsp3) is 0.350. The Hall–Kier alpha value is -2.40. The molecule has 0 aliphatic carbocycles. The number of nitrogens with zero attached hydrogens (tertiary/aromatic N) is 5. The van der Waals surface area contributed by atoms with Crippen molar-refractivity contribution in [3.05, 3.63) is 58.7 Å². The number of aromatic nitrogens is 3. The lowest BCUT2D eigenvalue weighted by Gasteiger charge is -2.33. The maximum Gasteiger partial charge on any atom is 0.288 e. The first-order valence-electron chi connectivity index (χ1n) is 9.62. The highest BCUT2D eigenvalue weighted by Crippen LogP contribution is 2.22. The molecule has 1 aliphatic rings. The molecule has 8 nitrogen and oxygen atoms in total. The number of piperazine rings is 1. The van der Waals surface area contributed by atoms with E-state index in [1.54, 1.807) is 23.0 Å². The highest BCUT2D eigenvalue weighted by molar-refractivity contribution is 7.89. The summed E-state index contributed by atoms with van der Waals surface area (Å²) >= 11 is 5.35. The molecule has 2 aromatic heterocycles. The van der Waals surface area contributed by atoms with Crippen LogP contribution in [0.15, 0.2) is 52.0 Å². The van der Waals surface area contributed by atoms with Crippen LogP contribution in [0.2, 0.25) is 0 Å². The second kappa shape index (κ2) is 8.38. The summed E-state index contributed by atoms with van der Waals surface area (Å²) < 4.78 is 34.3. The number of pyridine rings is 1. The molecule has 3 aromatic rings. The summed E-state index contributed by atoms with van der Waals surface area (Å²) in [4.78, 5) is 6.54. The third kappa shape index (κ3) is 4.36. The standard InChI is InChI=1S/C20H23N5O3S2/c1-15-10-16(2)12-17(11-15)19-22-25(20(29)28-19)14-23-6-8-24(9-7-23)30(26,27)18-4-3-5-21-13-18/h3-5,10-13H,6-9,14H2,1-2H3. The smallest absolute Gasteiger partial charge is 0.288 e. The van der Waals surface area contributed by atoms with Gasteiger partial charge in [0.05, 0.1) is 6.67 Å². The maximum atomic E-state index is 12.7. The molecule has 0 N–H and O–H groups in total. The number of hydrogen-bond donors (Lipinski definition) is 0. The molecular formula is C20H23N5O3S2. The van der Waals surface area contributed by atoms with Gasteiger partial charge in [0.15, 0.2) is 0 Å². The summed E-state index contributed by atoms with van der Waals surface area (Å²) in [5, 5.41) is 4.54. The first-order chi connectivity index (χ1) is 14.3. The van der Waals surface area contributed by atoms with Crippen molar-refractivity contribution in [2.45, 2.75) is 25.4 Å². The zero-order chi connectivity index (χ0) is 21.3. The van der Waals surface area contributed by atoms with Gasteiger partial charge in [-0.15, -0.1) is 5.10 Å².